The molecule has 664 valence electrons. The molecule has 11 rings (SSSR count). The third kappa shape index (κ3) is 22.0. The largest absolute Gasteiger partial charge is 0.494 e. The number of carbonyl (C=O) groups excluding carboxylic acids is 10. The van der Waals surface area contributed by atoms with Gasteiger partial charge < -0.3 is 107 Å². The molecule has 5 N–H and O–H groups in total. The number of nitrogens with zero attached hydrogens (tertiary/aromatic N) is 6. The second-order valence-corrected chi connectivity index (χ2v) is 29.2. The number of nitrogens with one attached hydrogen (secondary N) is 5. The lowest BCUT2D eigenvalue weighted by atomic mass is 9.85. The molecule has 2 aromatic carbocycles. The number of aromatic nitrogens is 4. The van der Waals surface area contributed by atoms with E-state index in [-0.39, 0.29) is 186 Å². The van der Waals surface area contributed by atoms with Gasteiger partial charge in [0.15, 0.2) is 23.1 Å². The van der Waals surface area contributed by atoms with Crippen LogP contribution in [0.25, 0.3) is 44.6 Å². The van der Waals surface area contributed by atoms with Crippen molar-refractivity contribution in [1.29, 1.82) is 0 Å². The van der Waals surface area contributed by atoms with Crippen LogP contribution in [0.15, 0.2) is 58.1 Å². The number of hydrogen-bond donors (Lipinski definition) is 5. The summed E-state index contributed by atoms with van der Waals surface area (Å²) in [5.41, 5.74) is -0.926. The zero-order chi connectivity index (χ0) is 87.9. The van der Waals surface area contributed by atoms with Gasteiger partial charge in [-0.25, -0.2) is 37.9 Å². The molecule has 37 nitrogen and oxygen atoms in total. The average molecular weight is 1720 g/mol. The predicted octanol–water partition coefficient (Wildman–Crippen LogP) is 4.13. The Bertz CT molecular complexity index is 4850. The lowest BCUT2D eigenvalue weighted by Crippen LogP contribution is -2.50. The summed E-state index contributed by atoms with van der Waals surface area (Å²) in [5, 5.41) is 14.4. The fourth-order valence-electron chi connectivity index (χ4n) is 15.0. The Morgan fingerprint density at radius 1 is 0.512 bits per heavy atom. The van der Waals surface area contributed by atoms with Gasteiger partial charge in [-0.15, -0.1) is 0 Å². The monoisotopic (exact) mass is 1720 g/mol. The maximum absolute atomic E-state index is 15.1. The highest BCUT2D eigenvalue weighted by Gasteiger charge is 2.53. The van der Waals surface area contributed by atoms with Crippen LogP contribution in [0.2, 0.25) is 0 Å². The molecule has 0 saturated heterocycles. The van der Waals surface area contributed by atoms with Crippen molar-refractivity contribution in [2.24, 2.45) is 0 Å². The molecule has 6 aromatic rings. The summed E-state index contributed by atoms with van der Waals surface area (Å²) in [6.07, 6.45) is -1.54. The molecule has 4 aromatic heterocycles. The molecule has 8 amide bonds. The molecule has 0 bridgehead atoms. The number of ether oxygens (including phenoxy) is 14. The van der Waals surface area contributed by atoms with E-state index in [4.69, 9.17) is 76.3 Å². The minimum absolute atomic E-state index is 0.00390. The zero-order valence-corrected chi connectivity index (χ0v) is 69.8. The Balaban J connectivity index is 0.708. The number of esters is 2. The number of carbonyl (C=O) groups is 10. The molecule has 0 aliphatic carbocycles. The van der Waals surface area contributed by atoms with E-state index in [0.717, 1.165) is 17.1 Å². The Morgan fingerprint density at radius 2 is 0.951 bits per heavy atom. The van der Waals surface area contributed by atoms with Crippen LogP contribution in [0, 0.1) is 25.5 Å². The molecule has 0 radical (unpaired) electrons. The number of pyridine rings is 4. The van der Waals surface area contributed by atoms with E-state index in [1.54, 1.807) is 34.8 Å². The summed E-state index contributed by atoms with van der Waals surface area (Å²) in [4.78, 5) is 177. The van der Waals surface area contributed by atoms with Gasteiger partial charge in [0.25, 0.3) is 22.9 Å². The summed E-state index contributed by atoms with van der Waals surface area (Å²) < 4.78 is 110. The molecule has 9 heterocycles. The summed E-state index contributed by atoms with van der Waals surface area (Å²) in [7, 11) is 4.28. The van der Waals surface area contributed by atoms with E-state index in [1.807, 2.05) is 0 Å². The SMILES string of the molecule is CC[C@@]1(OC(=O)NCCN(CCNC(=O)O[C@]2(CC)C(=O)OCc3c2cc2n(c3=O)Cc3c-2nc2cc(F)c(OC)cc2c3C)C(=O)CCCNC(=O)[C@H](CCC(=O)NCCOCCOCCOCCOCCOCCOCCOCCOC)NC(=O)CCCN2C(=O)C=CC2=O)C(=O)OCc2c1cc1n(c2=O)Cc2c-1nc1cc(F)c(OC)cc1c2C. The van der Waals surface area contributed by atoms with Crippen LogP contribution in [-0.4, -0.2) is 261 Å². The number of imide groups is 1. The first-order chi connectivity index (χ1) is 59.4. The second-order valence-electron chi connectivity index (χ2n) is 29.2. The van der Waals surface area contributed by atoms with Gasteiger partial charge in [0.1, 0.15) is 19.3 Å². The number of fused-ring (bicyclic) bond motifs is 10. The van der Waals surface area contributed by atoms with Crippen LogP contribution >= 0.6 is 0 Å². The number of rotatable bonds is 49. The van der Waals surface area contributed by atoms with Crippen molar-refractivity contribution in [3.63, 3.8) is 0 Å². The first-order valence-corrected chi connectivity index (χ1v) is 40.8. The number of methoxy groups -OCH3 is 3. The highest BCUT2D eigenvalue weighted by molar-refractivity contribution is 6.13. The zero-order valence-electron chi connectivity index (χ0n) is 69.8. The molecule has 0 saturated carbocycles. The molecule has 0 fully saturated rings. The summed E-state index contributed by atoms with van der Waals surface area (Å²) in [6.45, 7) is 10.1. The smallest absolute Gasteiger partial charge is 0.408 e. The number of cyclic esters (lactones) is 2. The topological polar surface area (TPSA) is 436 Å². The van der Waals surface area contributed by atoms with Gasteiger partial charge in [-0.1, -0.05) is 13.8 Å². The van der Waals surface area contributed by atoms with Crippen LogP contribution in [-0.2, 0) is 133 Å². The van der Waals surface area contributed by atoms with Crippen molar-refractivity contribution in [3.05, 3.63) is 125 Å². The van der Waals surface area contributed by atoms with Gasteiger partial charge >= 0.3 is 24.1 Å². The molecule has 39 heteroatoms. The van der Waals surface area contributed by atoms with Gasteiger partial charge in [-0.2, -0.15) is 0 Å². The third-order valence-electron chi connectivity index (χ3n) is 21.7. The first kappa shape index (κ1) is 92.3. The molecular formula is C84H103F2N11O26. The highest BCUT2D eigenvalue weighted by atomic mass is 19.1. The molecule has 0 spiro atoms. The third-order valence-corrected chi connectivity index (χ3v) is 21.7. The van der Waals surface area contributed by atoms with Crippen molar-refractivity contribution in [1.82, 2.24) is 55.5 Å². The molecule has 3 atom stereocenters. The minimum atomic E-state index is -2.20. The Labute approximate surface area is 705 Å². The normalized spacial score (nSPS) is 16.1. The van der Waals surface area contributed by atoms with Gasteiger partial charge in [0.2, 0.25) is 34.8 Å². The maximum atomic E-state index is 15.1. The lowest BCUT2D eigenvalue weighted by molar-refractivity contribution is -0.173. The molecule has 123 heavy (non-hydrogen) atoms. The van der Waals surface area contributed by atoms with Gasteiger partial charge in [-0.05, 0) is 81.3 Å². The number of aryl methyl sites for hydroxylation is 2. The molecular weight excluding hydrogens is 1620 g/mol. The standard InChI is InChI=1S/C84H103F2N11O26/c1-8-83(58-42-65-74-54(46-96(65)77(104)56(58)48-120-79(83)106)50(3)52-40-67(111-6)60(85)44-63(52)92-74)122-81(108)89-19-23-94(24-20-90-82(109)123-84(9-2)59-43-66-75-55(47-97(66)78(105)57(59)49-121-80(84)107)51(4)53-41-68(112-7)61(86)45-64(53)93-75)71(100)13-10-18-88-76(103)62(91-70(99)12-11-22-95-72(101)16-17-73(95)102)14-15-69(98)87-21-25-113-28-29-115-32-33-117-36-37-119-39-38-118-35-34-116-31-30-114-27-26-110-5/h16-17,40-45,62H,8-15,18-39,46-49H2,1-7H3,(H,87,98)(H,88,103)(H,89,108)(H,90,109)(H,91,99)/t62-,83-,84-/m0/s1. The van der Waals surface area contributed by atoms with Crippen LogP contribution in [0.3, 0.4) is 0 Å². The van der Waals surface area contributed by atoms with Gasteiger partial charge in [-0.3, -0.25) is 43.3 Å². The van der Waals surface area contributed by atoms with Gasteiger partial charge in [0.05, 0.1) is 171 Å². The molecule has 0 unspecified atom stereocenters. The second kappa shape index (κ2) is 43.5. The van der Waals surface area contributed by atoms with E-state index < -0.39 is 113 Å². The van der Waals surface area contributed by atoms with Crippen molar-refractivity contribution in [2.75, 3.05) is 166 Å². The van der Waals surface area contributed by atoms with Crippen LogP contribution in [0.4, 0.5) is 18.4 Å². The Hall–Kier alpha value is -11.5. The first-order valence-electron chi connectivity index (χ1n) is 40.8. The van der Waals surface area contributed by atoms with E-state index >= 15 is 8.78 Å². The van der Waals surface area contributed by atoms with Crippen molar-refractivity contribution < 1.29 is 123 Å². The predicted molar refractivity (Wildman–Crippen MR) is 432 cm³/mol. The van der Waals surface area contributed by atoms with Crippen molar-refractivity contribution >= 4 is 81.4 Å². The van der Waals surface area contributed by atoms with Crippen LogP contribution in [0.1, 0.15) is 110 Å². The van der Waals surface area contributed by atoms with Crippen LogP contribution in [0.5, 0.6) is 11.5 Å². The molecule has 5 aliphatic heterocycles. The maximum Gasteiger partial charge on any atom is 0.408 e. The molecule has 5 aliphatic rings. The number of alkyl carbamates (subject to hydrolysis) is 2. The number of halogens is 2. The highest BCUT2D eigenvalue weighted by Crippen LogP contribution is 2.45. The fourth-order valence-corrected chi connectivity index (χ4v) is 15.0. The van der Waals surface area contributed by atoms with E-state index in [1.165, 1.54) is 64.7 Å². The Morgan fingerprint density at radius 3 is 1.38 bits per heavy atom. The summed E-state index contributed by atoms with van der Waals surface area (Å²) in [5.74, 6) is -6.83. The number of benzene rings is 2. The summed E-state index contributed by atoms with van der Waals surface area (Å²) >= 11 is 0. The fraction of sp³-hybridized carbons (Fsp3) is 0.524. The van der Waals surface area contributed by atoms with E-state index in [2.05, 4.69) is 26.6 Å². The number of hydrogen-bond acceptors (Lipinski definition) is 28. The van der Waals surface area contributed by atoms with Crippen molar-refractivity contribution in [3.8, 4) is 34.3 Å². The number of amides is 8. The van der Waals surface area contributed by atoms with E-state index in [0.29, 0.717) is 124 Å². The van der Waals surface area contributed by atoms with Crippen LogP contribution < -0.4 is 47.2 Å². The van der Waals surface area contributed by atoms with Crippen molar-refractivity contribution in [2.45, 2.75) is 123 Å². The lowest BCUT2D eigenvalue weighted by Gasteiger charge is -2.35. The summed E-state index contributed by atoms with van der Waals surface area (Å²) in [6, 6.07) is 7.25. The van der Waals surface area contributed by atoms with E-state index in [9.17, 15) is 57.5 Å². The average Bonchev–Trinajstić information content (AvgIpc) is 1.60. The Kier molecular flexibility index (Phi) is 32.7. The van der Waals surface area contributed by atoms with Gasteiger partial charge in [0, 0.05) is 129 Å². The minimum Gasteiger partial charge on any atom is -0.494 e. The quantitative estimate of drug-likeness (QED) is 0.0155.